The zero-order chi connectivity index (χ0) is 24.8. The van der Waals surface area contributed by atoms with E-state index in [1.807, 2.05) is 32.0 Å². The molecule has 1 fully saturated rings. The van der Waals surface area contributed by atoms with Crippen LogP contribution in [0.15, 0.2) is 64.0 Å². The molecule has 1 aliphatic heterocycles. The fourth-order valence-electron chi connectivity index (χ4n) is 3.91. The second kappa shape index (κ2) is 11.1. The van der Waals surface area contributed by atoms with Crippen molar-refractivity contribution in [2.75, 3.05) is 26.2 Å². The average molecular weight is 499 g/mol. The van der Waals surface area contributed by atoms with E-state index in [0.29, 0.717) is 44.3 Å². The highest BCUT2D eigenvalue weighted by Crippen LogP contribution is 2.20. The molecule has 1 aromatic heterocycles. The van der Waals surface area contributed by atoms with Crippen LogP contribution >= 0.6 is 0 Å². The van der Waals surface area contributed by atoms with Crippen LogP contribution in [0.25, 0.3) is 0 Å². The monoisotopic (exact) mass is 498 g/mol. The maximum atomic E-state index is 13.2. The van der Waals surface area contributed by atoms with Crippen LogP contribution < -0.4 is 0 Å². The predicted octanol–water partition coefficient (Wildman–Crippen LogP) is 3.13. The van der Waals surface area contributed by atoms with Crippen molar-refractivity contribution in [1.29, 1.82) is 0 Å². The van der Waals surface area contributed by atoms with Crippen molar-refractivity contribution in [2.45, 2.75) is 38.3 Å². The Kier molecular flexibility index (Phi) is 7.94. The molecule has 35 heavy (non-hydrogen) atoms. The summed E-state index contributed by atoms with van der Waals surface area (Å²) in [5.41, 5.74) is 1.35. The highest BCUT2D eigenvalue weighted by atomic mass is 32.2. The van der Waals surface area contributed by atoms with Crippen molar-refractivity contribution >= 4 is 16.0 Å². The van der Waals surface area contributed by atoms with Gasteiger partial charge in [-0.15, -0.1) is 0 Å². The summed E-state index contributed by atoms with van der Waals surface area (Å²) in [6.07, 6.45) is 0.665. The molecule has 0 spiro atoms. The van der Waals surface area contributed by atoms with Crippen LogP contribution in [0.2, 0.25) is 0 Å². The predicted molar refractivity (Wildman–Crippen MR) is 129 cm³/mol. The summed E-state index contributed by atoms with van der Waals surface area (Å²) in [6.45, 7) is 6.75. The molecule has 0 saturated carbocycles. The van der Waals surface area contributed by atoms with E-state index in [4.69, 9.17) is 9.26 Å². The van der Waals surface area contributed by atoms with E-state index in [1.165, 1.54) is 28.1 Å². The Morgan fingerprint density at radius 3 is 2.51 bits per heavy atom. The maximum absolute atomic E-state index is 13.2. The van der Waals surface area contributed by atoms with Crippen molar-refractivity contribution < 1.29 is 22.5 Å². The first-order chi connectivity index (χ1) is 16.8. The Balaban J connectivity index is 1.35. The van der Waals surface area contributed by atoms with E-state index in [1.54, 1.807) is 6.07 Å². The average Bonchev–Trinajstić information content (AvgIpc) is 3.30. The Labute approximate surface area is 205 Å². The molecular weight excluding hydrogens is 468 g/mol. The third-order valence-corrected chi connectivity index (χ3v) is 7.61. The molecule has 9 nitrogen and oxygen atoms in total. The number of ether oxygens (including phenoxy) is 1. The largest absolute Gasteiger partial charge is 0.452 e. The molecule has 0 bridgehead atoms. The summed E-state index contributed by atoms with van der Waals surface area (Å²) in [5, 5.41) is 3.87. The minimum Gasteiger partial charge on any atom is -0.452 e. The minimum atomic E-state index is -3.73. The van der Waals surface area contributed by atoms with Crippen molar-refractivity contribution in [3.63, 3.8) is 0 Å². The van der Waals surface area contributed by atoms with E-state index in [2.05, 4.69) is 27.2 Å². The number of carbonyl (C=O) groups is 1. The number of sulfonamides is 1. The Hall–Kier alpha value is -3.08. The third-order valence-electron chi connectivity index (χ3n) is 5.72. The van der Waals surface area contributed by atoms with Crippen LogP contribution in [0.4, 0.5) is 0 Å². The molecule has 0 aliphatic carbocycles. The molecule has 0 unspecified atom stereocenters. The zero-order valence-corrected chi connectivity index (χ0v) is 20.8. The lowest BCUT2D eigenvalue weighted by atomic mass is 10.1. The first-order valence-corrected chi connectivity index (χ1v) is 13.1. The molecule has 3 aromatic rings. The SMILES string of the molecule is CC(C)Cc1noc(COC(=O)c2cccc(S(=O)(=O)N3CCN(Cc4ccccc4)CC3)c2)n1. The second-order valence-electron chi connectivity index (χ2n) is 8.97. The molecule has 1 aliphatic rings. The van der Waals surface area contributed by atoms with Gasteiger partial charge < -0.3 is 9.26 Å². The lowest BCUT2D eigenvalue weighted by Crippen LogP contribution is -2.48. The van der Waals surface area contributed by atoms with Crippen LogP contribution in [0, 0.1) is 5.92 Å². The van der Waals surface area contributed by atoms with Gasteiger partial charge in [0, 0.05) is 39.1 Å². The van der Waals surface area contributed by atoms with E-state index in [-0.39, 0.29) is 23.0 Å². The first kappa shape index (κ1) is 25.0. The molecule has 0 atom stereocenters. The Morgan fingerprint density at radius 1 is 1.06 bits per heavy atom. The highest BCUT2D eigenvalue weighted by Gasteiger charge is 2.29. The Bertz CT molecular complexity index is 1240. The van der Waals surface area contributed by atoms with Gasteiger partial charge in [-0.05, 0) is 29.7 Å². The molecule has 2 heterocycles. The fraction of sp³-hybridized carbons (Fsp3) is 0.400. The van der Waals surface area contributed by atoms with Gasteiger partial charge in [0.05, 0.1) is 10.5 Å². The number of carbonyl (C=O) groups excluding carboxylic acids is 1. The first-order valence-electron chi connectivity index (χ1n) is 11.7. The lowest BCUT2D eigenvalue weighted by molar-refractivity contribution is 0.0429. The number of esters is 1. The summed E-state index contributed by atoms with van der Waals surface area (Å²) in [4.78, 5) is 19.1. The zero-order valence-electron chi connectivity index (χ0n) is 20.0. The fourth-order valence-corrected chi connectivity index (χ4v) is 5.38. The van der Waals surface area contributed by atoms with Crippen LogP contribution in [0.3, 0.4) is 0 Å². The normalized spacial score (nSPS) is 15.4. The number of hydrogen-bond acceptors (Lipinski definition) is 8. The van der Waals surface area contributed by atoms with Gasteiger partial charge >= 0.3 is 5.97 Å². The van der Waals surface area contributed by atoms with Crippen molar-refractivity contribution in [2.24, 2.45) is 5.92 Å². The van der Waals surface area contributed by atoms with Gasteiger partial charge in [0.15, 0.2) is 12.4 Å². The molecule has 1 saturated heterocycles. The molecule has 186 valence electrons. The van der Waals surface area contributed by atoms with Crippen molar-refractivity contribution in [3.8, 4) is 0 Å². The Morgan fingerprint density at radius 2 is 1.80 bits per heavy atom. The molecule has 0 amide bonds. The summed E-state index contributed by atoms with van der Waals surface area (Å²) in [5.74, 6) is 0.479. The van der Waals surface area contributed by atoms with Crippen molar-refractivity contribution in [1.82, 2.24) is 19.3 Å². The molecule has 10 heteroatoms. The van der Waals surface area contributed by atoms with Gasteiger partial charge in [-0.2, -0.15) is 9.29 Å². The quantitative estimate of drug-likeness (QED) is 0.414. The van der Waals surface area contributed by atoms with Gasteiger partial charge in [-0.3, -0.25) is 4.90 Å². The number of benzene rings is 2. The molecule has 0 radical (unpaired) electrons. The van der Waals surface area contributed by atoms with Crippen LogP contribution in [-0.4, -0.2) is 59.9 Å². The number of rotatable bonds is 9. The lowest BCUT2D eigenvalue weighted by Gasteiger charge is -2.34. The number of hydrogen-bond donors (Lipinski definition) is 0. The van der Waals surface area contributed by atoms with Gasteiger partial charge in [0.25, 0.3) is 5.89 Å². The topological polar surface area (TPSA) is 106 Å². The van der Waals surface area contributed by atoms with E-state index < -0.39 is 16.0 Å². The second-order valence-corrected chi connectivity index (χ2v) is 10.9. The van der Waals surface area contributed by atoms with E-state index in [9.17, 15) is 13.2 Å². The molecular formula is C25H30N4O5S. The van der Waals surface area contributed by atoms with E-state index in [0.717, 1.165) is 6.54 Å². The standard InChI is InChI=1S/C25H30N4O5S/c1-19(2)15-23-26-24(34-27-23)18-33-25(30)21-9-6-10-22(16-21)35(31,32)29-13-11-28(12-14-29)17-20-7-4-3-5-8-20/h3-10,16,19H,11-15,17-18H2,1-2H3. The van der Waals surface area contributed by atoms with Gasteiger partial charge in [-0.1, -0.05) is 55.4 Å². The van der Waals surface area contributed by atoms with Crippen LogP contribution in [0.1, 0.15) is 41.5 Å². The minimum absolute atomic E-state index is 0.0699. The summed E-state index contributed by atoms with van der Waals surface area (Å²) in [7, 11) is -3.73. The molecule has 0 N–H and O–H groups in total. The van der Waals surface area contributed by atoms with Crippen LogP contribution in [0.5, 0.6) is 0 Å². The van der Waals surface area contributed by atoms with Gasteiger partial charge in [0.2, 0.25) is 10.0 Å². The highest BCUT2D eigenvalue weighted by molar-refractivity contribution is 7.89. The molecule has 4 rings (SSSR count). The van der Waals surface area contributed by atoms with Gasteiger partial charge in [0.1, 0.15) is 0 Å². The third kappa shape index (κ3) is 6.53. The summed E-state index contributed by atoms with van der Waals surface area (Å²) >= 11 is 0. The summed E-state index contributed by atoms with van der Waals surface area (Å²) < 4.78 is 38.3. The number of aromatic nitrogens is 2. The van der Waals surface area contributed by atoms with E-state index >= 15 is 0 Å². The maximum Gasteiger partial charge on any atom is 0.338 e. The van der Waals surface area contributed by atoms with Crippen molar-refractivity contribution in [3.05, 3.63) is 77.4 Å². The smallest absolute Gasteiger partial charge is 0.338 e. The number of piperazine rings is 1. The summed E-state index contributed by atoms with van der Waals surface area (Å²) in [6, 6.07) is 16.0. The number of nitrogens with zero attached hydrogens (tertiary/aromatic N) is 4. The van der Waals surface area contributed by atoms with Crippen LogP contribution in [-0.2, 0) is 34.3 Å². The van der Waals surface area contributed by atoms with Gasteiger partial charge in [-0.25, -0.2) is 13.2 Å². The molecule has 2 aromatic carbocycles.